The molecule has 8 nitrogen and oxygen atoms in total. The summed E-state index contributed by atoms with van der Waals surface area (Å²) in [5, 5.41) is 14.3. The van der Waals surface area contributed by atoms with Crippen molar-refractivity contribution in [2.24, 2.45) is 5.41 Å². The molecule has 2 amide bonds. The van der Waals surface area contributed by atoms with Gasteiger partial charge in [-0.3, -0.25) is 9.59 Å². The number of ether oxygens (including phenoxy) is 2. The topological polar surface area (TPSA) is 114 Å². The number of amides is 2. The Hall–Kier alpha value is -3.39. The fraction of sp³-hybridized carbons (Fsp3) is 0.400. The maximum absolute atomic E-state index is 12.8. The number of rotatable bonds is 7. The highest BCUT2D eigenvalue weighted by Gasteiger charge is 2.42. The number of nitrogens with one attached hydrogen (secondary N) is 2. The van der Waals surface area contributed by atoms with Crippen LogP contribution in [0.1, 0.15) is 36.8 Å². The Bertz CT molecular complexity index is 1000. The number of carboxylic acid groups (broad SMARTS) is 1. The number of aliphatic carboxylic acids is 1. The normalized spacial score (nSPS) is 20.3. The second-order valence-electron chi connectivity index (χ2n) is 8.65. The summed E-state index contributed by atoms with van der Waals surface area (Å²) in [7, 11) is 0. The second kappa shape index (κ2) is 9.62. The van der Waals surface area contributed by atoms with Crippen LogP contribution in [0.2, 0.25) is 0 Å². The molecule has 2 aliphatic rings. The van der Waals surface area contributed by atoms with Crippen LogP contribution in [-0.4, -0.2) is 55.5 Å². The summed E-state index contributed by atoms with van der Waals surface area (Å²) in [6, 6.07) is 15.1. The lowest BCUT2D eigenvalue weighted by atomic mass is 9.81. The van der Waals surface area contributed by atoms with Gasteiger partial charge >= 0.3 is 12.1 Å². The maximum Gasteiger partial charge on any atom is 0.407 e. The summed E-state index contributed by atoms with van der Waals surface area (Å²) < 4.78 is 11.1. The Morgan fingerprint density at radius 2 is 1.76 bits per heavy atom. The molecule has 2 unspecified atom stereocenters. The molecule has 0 aromatic heterocycles. The Morgan fingerprint density at radius 1 is 1.12 bits per heavy atom. The molecule has 0 saturated carbocycles. The van der Waals surface area contributed by atoms with E-state index >= 15 is 0 Å². The van der Waals surface area contributed by atoms with Crippen LogP contribution in [0, 0.1) is 5.41 Å². The lowest BCUT2D eigenvalue weighted by Crippen LogP contribution is -2.55. The molecule has 1 aliphatic heterocycles. The highest BCUT2D eigenvalue weighted by molar-refractivity contribution is 5.88. The summed E-state index contributed by atoms with van der Waals surface area (Å²) in [5.74, 6) is -1.63. The van der Waals surface area contributed by atoms with Crippen LogP contribution in [0.3, 0.4) is 0 Å². The van der Waals surface area contributed by atoms with E-state index < -0.39 is 29.4 Å². The molecule has 2 aromatic carbocycles. The van der Waals surface area contributed by atoms with Crippen molar-refractivity contribution in [1.82, 2.24) is 10.6 Å². The number of hydrogen-bond acceptors (Lipinski definition) is 5. The van der Waals surface area contributed by atoms with Crippen molar-refractivity contribution in [2.75, 3.05) is 26.4 Å². The summed E-state index contributed by atoms with van der Waals surface area (Å²) in [5.41, 5.74) is 3.48. The standard InChI is InChI=1S/C25H28N2O6/c1-16(22(28)29)27-23(30)25(11-6-12-32-15-25)14-26-24(31)33-13-21-19-9-4-2-7-17(19)18-8-3-5-10-20(18)21/h2-5,7-10,16,21H,6,11-15H2,1H3,(H,26,31)(H,27,30)(H,28,29). The summed E-state index contributed by atoms with van der Waals surface area (Å²) in [6.45, 7) is 2.20. The van der Waals surface area contributed by atoms with Gasteiger partial charge in [-0.05, 0) is 42.0 Å². The first-order chi connectivity index (χ1) is 15.9. The molecule has 1 fully saturated rings. The first-order valence-electron chi connectivity index (χ1n) is 11.1. The number of carbonyl (C=O) groups is 3. The van der Waals surface area contributed by atoms with E-state index in [1.54, 1.807) is 0 Å². The van der Waals surface area contributed by atoms with Gasteiger partial charge in [0.05, 0.1) is 12.0 Å². The van der Waals surface area contributed by atoms with Gasteiger partial charge in [-0.25, -0.2) is 4.79 Å². The van der Waals surface area contributed by atoms with Gasteiger partial charge in [0, 0.05) is 19.1 Å². The molecule has 8 heteroatoms. The predicted octanol–water partition coefficient (Wildman–Crippen LogP) is 2.91. The number of fused-ring (bicyclic) bond motifs is 3. The minimum Gasteiger partial charge on any atom is -0.480 e. The quantitative estimate of drug-likeness (QED) is 0.595. The van der Waals surface area contributed by atoms with Crippen LogP contribution >= 0.6 is 0 Å². The van der Waals surface area contributed by atoms with Gasteiger partial charge in [0.15, 0.2) is 0 Å². The minimum atomic E-state index is -1.13. The average molecular weight is 453 g/mol. The first kappa shape index (κ1) is 22.8. The average Bonchev–Trinajstić information content (AvgIpc) is 3.15. The zero-order valence-electron chi connectivity index (χ0n) is 18.5. The Kier molecular flexibility index (Phi) is 6.65. The van der Waals surface area contributed by atoms with Gasteiger partial charge in [-0.1, -0.05) is 48.5 Å². The predicted molar refractivity (Wildman–Crippen MR) is 121 cm³/mol. The Labute approximate surface area is 192 Å². The maximum atomic E-state index is 12.8. The molecule has 2 atom stereocenters. The molecule has 1 heterocycles. The Balaban J connectivity index is 1.39. The third kappa shape index (κ3) is 4.71. The summed E-state index contributed by atoms with van der Waals surface area (Å²) in [6.07, 6.45) is 0.497. The van der Waals surface area contributed by atoms with Crippen molar-refractivity contribution in [3.8, 4) is 11.1 Å². The van der Waals surface area contributed by atoms with Crippen molar-refractivity contribution in [3.63, 3.8) is 0 Å². The third-order valence-corrected chi connectivity index (χ3v) is 6.44. The number of carbonyl (C=O) groups excluding carboxylic acids is 2. The van der Waals surface area contributed by atoms with Crippen LogP contribution in [0.4, 0.5) is 4.79 Å². The molecule has 4 rings (SSSR count). The van der Waals surface area contributed by atoms with E-state index in [9.17, 15) is 14.4 Å². The molecule has 174 valence electrons. The lowest BCUT2D eigenvalue weighted by molar-refractivity contribution is -0.146. The van der Waals surface area contributed by atoms with Gasteiger partial charge in [0.1, 0.15) is 12.6 Å². The van der Waals surface area contributed by atoms with Crippen LogP contribution in [-0.2, 0) is 19.1 Å². The summed E-state index contributed by atoms with van der Waals surface area (Å²) in [4.78, 5) is 36.5. The molecule has 33 heavy (non-hydrogen) atoms. The van der Waals surface area contributed by atoms with Gasteiger partial charge in [-0.2, -0.15) is 0 Å². The SMILES string of the molecule is CC(NC(=O)C1(CNC(=O)OCC2c3ccccc3-c3ccccc32)CCCOC1)C(=O)O. The number of carboxylic acids is 1. The van der Waals surface area contributed by atoms with E-state index in [4.69, 9.17) is 14.6 Å². The number of hydrogen-bond donors (Lipinski definition) is 3. The van der Waals surface area contributed by atoms with E-state index in [-0.39, 0.29) is 25.7 Å². The fourth-order valence-corrected chi connectivity index (χ4v) is 4.55. The highest BCUT2D eigenvalue weighted by Crippen LogP contribution is 2.44. The van der Waals surface area contributed by atoms with Crippen molar-refractivity contribution in [1.29, 1.82) is 0 Å². The largest absolute Gasteiger partial charge is 0.480 e. The minimum absolute atomic E-state index is 0.00183. The van der Waals surface area contributed by atoms with Crippen molar-refractivity contribution in [3.05, 3.63) is 59.7 Å². The van der Waals surface area contributed by atoms with Crippen molar-refractivity contribution in [2.45, 2.75) is 31.7 Å². The van der Waals surface area contributed by atoms with E-state index in [1.807, 2.05) is 36.4 Å². The second-order valence-corrected chi connectivity index (χ2v) is 8.65. The zero-order chi connectivity index (χ0) is 23.4. The van der Waals surface area contributed by atoms with Gasteiger partial charge in [-0.15, -0.1) is 0 Å². The van der Waals surface area contributed by atoms with Gasteiger partial charge in [0.2, 0.25) is 5.91 Å². The fourth-order valence-electron chi connectivity index (χ4n) is 4.55. The van der Waals surface area contributed by atoms with Crippen LogP contribution in [0.5, 0.6) is 0 Å². The number of benzene rings is 2. The number of alkyl carbamates (subject to hydrolysis) is 1. The lowest BCUT2D eigenvalue weighted by Gasteiger charge is -2.36. The van der Waals surface area contributed by atoms with Gasteiger partial charge in [0.25, 0.3) is 0 Å². The first-order valence-corrected chi connectivity index (χ1v) is 11.1. The van der Waals surface area contributed by atoms with Crippen LogP contribution in [0.25, 0.3) is 11.1 Å². The van der Waals surface area contributed by atoms with E-state index in [0.717, 1.165) is 22.3 Å². The van der Waals surface area contributed by atoms with Crippen molar-refractivity contribution < 1.29 is 29.0 Å². The highest BCUT2D eigenvalue weighted by atomic mass is 16.5. The molecule has 1 saturated heterocycles. The molecule has 0 radical (unpaired) electrons. The van der Waals surface area contributed by atoms with E-state index in [0.29, 0.717) is 19.4 Å². The Morgan fingerprint density at radius 3 is 2.33 bits per heavy atom. The van der Waals surface area contributed by atoms with Crippen LogP contribution < -0.4 is 10.6 Å². The van der Waals surface area contributed by atoms with E-state index in [1.165, 1.54) is 6.92 Å². The molecule has 1 aliphatic carbocycles. The van der Waals surface area contributed by atoms with Crippen LogP contribution in [0.15, 0.2) is 48.5 Å². The van der Waals surface area contributed by atoms with E-state index in [2.05, 4.69) is 22.8 Å². The molecule has 3 N–H and O–H groups in total. The molecule has 0 spiro atoms. The zero-order valence-corrected chi connectivity index (χ0v) is 18.5. The molecular formula is C25H28N2O6. The smallest absolute Gasteiger partial charge is 0.407 e. The van der Waals surface area contributed by atoms with Crippen molar-refractivity contribution >= 4 is 18.0 Å². The molecular weight excluding hydrogens is 424 g/mol. The third-order valence-electron chi connectivity index (χ3n) is 6.44. The molecule has 0 bridgehead atoms. The monoisotopic (exact) mass is 452 g/mol. The summed E-state index contributed by atoms with van der Waals surface area (Å²) >= 11 is 0. The molecule has 2 aromatic rings. The van der Waals surface area contributed by atoms with Gasteiger partial charge < -0.3 is 25.2 Å².